The maximum absolute atomic E-state index is 12.3. The first-order valence-electron chi connectivity index (χ1n) is 6.44. The summed E-state index contributed by atoms with van der Waals surface area (Å²) in [5.74, 6) is -0.199. The molecule has 1 amide bonds. The van der Waals surface area contributed by atoms with Crippen LogP contribution in [0, 0.1) is 0 Å². The van der Waals surface area contributed by atoms with Crippen LogP contribution in [0.1, 0.15) is 35.9 Å². The molecule has 0 bridgehead atoms. The molecule has 2 rings (SSSR count). The molecule has 0 saturated carbocycles. The van der Waals surface area contributed by atoms with Gasteiger partial charge in [0, 0.05) is 19.6 Å². The first-order valence-corrected chi connectivity index (χ1v) is 8.69. The van der Waals surface area contributed by atoms with Gasteiger partial charge in [-0.1, -0.05) is 6.92 Å². The fraction of sp³-hybridized carbons (Fsp3) is 0.583. The molecular formula is C12H18N2O3S2. The van der Waals surface area contributed by atoms with Crippen LogP contribution in [0.2, 0.25) is 0 Å². The molecule has 1 fully saturated rings. The van der Waals surface area contributed by atoms with Gasteiger partial charge in [-0.05, 0) is 31.4 Å². The maximum Gasteiger partial charge on any atom is 0.261 e. The van der Waals surface area contributed by atoms with Crippen molar-refractivity contribution < 1.29 is 13.2 Å². The van der Waals surface area contributed by atoms with E-state index in [4.69, 9.17) is 0 Å². The molecule has 106 valence electrons. The van der Waals surface area contributed by atoms with Crippen LogP contribution in [-0.4, -0.2) is 38.3 Å². The molecule has 0 aromatic carbocycles. The van der Waals surface area contributed by atoms with Gasteiger partial charge in [0.25, 0.3) is 15.9 Å². The lowest BCUT2D eigenvalue weighted by atomic mass is 10.4. The molecule has 0 atom stereocenters. The van der Waals surface area contributed by atoms with Crippen molar-refractivity contribution in [3.05, 3.63) is 17.0 Å². The van der Waals surface area contributed by atoms with E-state index in [0.29, 0.717) is 24.5 Å². The number of rotatable bonds is 5. The van der Waals surface area contributed by atoms with Gasteiger partial charge in [0.05, 0.1) is 4.88 Å². The Hall–Kier alpha value is -0.920. The van der Waals surface area contributed by atoms with Crippen LogP contribution in [-0.2, 0) is 10.0 Å². The van der Waals surface area contributed by atoms with E-state index in [9.17, 15) is 13.2 Å². The van der Waals surface area contributed by atoms with Crippen LogP contribution in [0.3, 0.4) is 0 Å². The van der Waals surface area contributed by atoms with E-state index >= 15 is 0 Å². The topological polar surface area (TPSA) is 66.5 Å². The molecule has 0 radical (unpaired) electrons. The molecule has 1 aliphatic heterocycles. The number of hydrogen-bond donors (Lipinski definition) is 1. The molecule has 19 heavy (non-hydrogen) atoms. The Morgan fingerprint density at radius 1 is 1.37 bits per heavy atom. The molecule has 1 saturated heterocycles. The fourth-order valence-electron chi connectivity index (χ4n) is 1.96. The van der Waals surface area contributed by atoms with Gasteiger partial charge in [0.15, 0.2) is 0 Å². The average molecular weight is 302 g/mol. The van der Waals surface area contributed by atoms with Crippen LogP contribution >= 0.6 is 11.3 Å². The number of carbonyl (C=O) groups excluding carboxylic acids is 1. The van der Waals surface area contributed by atoms with Crippen LogP contribution in [0.25, 0.3) is 0 Å². The summed E-state index contributed by atoms with van der Waals surface area (Å²) in [6.45, 7) is 3.73. The Labute approximate surface area is 117 Å². The Balaban J connectivity index is 2.14. The standard InChI is InChI=1S/C12H18N2O3S2/c1-2-7-13-12(15)10-5-6-11(18-10)19(16,17)14-8-3-4-9-14/h5-6H,2-4,7-9H2,1H3,(H,13,15). The van der Waals surface area contributed by atoms with E-state index in [1.54, 1.807) is 6.07 Å². The van der Waals surface area contributed by atoms with Crippen molar-refractivity contribution >= 4 is 27.3 Å². The zero-order valence-electron chi connectivity index (χ0n) is 10.9. The predicted molar refractivity (Wildman–Crippen MR) is 74.9 cm³/mol. The second-order valence-electron chi connectivity index (χ2n) is 4.49. The summed E-state index contributed by atoms with van der Waals surface area (Å²) in [5, 5.41) is 2.75. The highest BCUT2D eigenvalue weighted by Crippen LogP contribution is 2.27. The molecule has 2 heterocycles. The van der Waals surface area contributed by atoms with E-state index in [1.807, 2.05) is 6.92 Å². The monoisotopic (exact) mass is 302 g/mol. The summed E-state index contributed by atoms with van der Waals surface area (Å²) in [5.41, 5.74) is 0. The summed E-state index contributed by atoms with van der Waals surface area (Å²) in [4.78, 5) is 12.2. The van der Waals surface area contributed by atoms with Crippen LogP contribution in [0.4, 0.5) is 0 Å². The van der Waals surface area contributed by atoms with Crippen LogP contribution in [0.5, 0.6) is 0 Å². The van der Waals surface area contributed by atoms with Gasteiger partial charge in [0.1, 0.15) is 4.21 Å². The SMILES string of the molecule is CCCNC(=O)c1ccc(S(=O)(=O)N2CCCC2)s1. The van der Waals surface area contributed by atoms with Gasteiger partial charge in [0.2, 0.25) is 0 Å². The van der Waals surface area contributed by atoms with Gasteiger partial charge < -0.3 is 5.32 Å². The highest BCUT2D eigenvalue weighted by atomic mass is 32.2. The Morgan fingerprint density at radius 3 is 2.68 bits per heavy atom. The minimum atomic E-state index is -3.40. The zero-order valence-corrected chi connectivity index (χ0v) is 12.5. The van der Waals surface area contributed by atoms with E-state index < -0.39 is 10.0 Å². The van der Waals surface area contributed by atoms with E-state index in [0.717, 1.165) is 30.6 Å². The minimum Gasteiger partial charge on any atom is -0.351 e. The van der Waals surface area contributed by atoms with Crippen molar-refractivity contribution in [2.75, 3.05) is 19.6 Å². The minimum absolute atomic E-state index is 0.199. The summed E-state index contributed by atoms with van der Waals surface area (Å²) in [6, 6.07) is 3.11. The number of carbonyl (C=O) groups is 1. The van der Waals surface area contributed by atoms with Crippen molar-refractivity contribution in [1.29, 1.82) is 0 Å². The van der Waals surface area contributed by atoms with Crippen molar-refractivity contribution in [2.24, 2.45) is 0 Å². The van der Waals surface area contributed by atoms with Crippen molar-refractivity contribution in [3.63, 3.8) is 0 Å². The molecule has 1 N–H and O–H groups in total. The third-order valence-corrected chi connectivity index (χ3v) is 6.45. The van der Waals surface area contributed by atoms with Crippen molar-refractivity contribution in [2.45, 2.75) is 30.4 Å². The summed E-state index contributed by atoms with van der Waals surface area (Å²) < 4.78 is 26.3. The number of nitrogens with zero attached hydrogens (tertiary/aromatic N) is 1. The quantitative estimate of drug-likeness (QED) is 0.900. The molecule has 1 aromatic rings. The molecule has 5 nitrogen and oxygen atoms in total. The number of thiophene rings is 1. The highest BCUT2D eigenvalue weighted by molar-refractivity contribution is 7.91. The number of sulfonamides is 1. The normalized spacial score (nSPS) is 16.7. The Kier molecular flexibility index (Phi) is 4.59. The van der Waals surface area contributed by atoms with E-state index in [-0.39, 0.29) is 10.1 Å². The highest BCUT2D eigenvalue weighted by Gasteiger charge is 2.29. The molecule has 1 aromatic heterocycles. The third-order valence-electron chi connectivity index (χ3n) is 3.00. The number of hydrogen-bond acceptors (Lipinski definition) is 4. The average Bonchev–Trinajstić information content (AvgIpc) is 3.05. The van der Waals surface area contributed by atoms with Crippen molar-refractivity contribution in [1.82, 2.24) is 9.62 Å². The van der Waals surface area contributed by atoms with E-state index in [1.165, 1.54) is 10.4 Å². The molecule has 7 heteroatoms. The third kappa shape index (κ3) is 3.16. The first-order chi connectivity index (χ1) is 9.05. The van der Waals surface area contributed by atoms with Crippen LogP contribution in [0.15, 0.2) is 16.3 Å². The molecule has 0 unspecified atom stereocenters. The molecule has 0 aliphatic carbocycles. The summed E-state index contributed by atoms with van der Waals surface area (Å²) >= 11 is 1.04. The second-order valence-corrected chi connectivity index (χ2v) is 7.73. The van der Waals surface area contributed by atoms with Crippen molar-refractivity contribution in [3.8, 4) is 0 Å². The Morgan fingerprint density at radius 2 is 2.05 bits per heavy atom. The number of amides is 1. The fourth-order valence-corrected chi connectivity index (χ4v) is 4.86. The van der Waals surface area contributed by atoms with E-state index in [2.05, 4.69) is 5.32 Å². The van der Waals surface area contributed by atoms with Gasteiger partial charge in [-0.3, -0.25) is 4.79 Å². The molecular weight excluding hydrogens is 284 g/mol. The predicted octanol–water partition coefficient (Wildman–Crippen LogP) is 1.67. The summed E-state index contributed by atoms with van der Waals surface area (Å²) in [6.07, 6.45) is 2.68. The lowest BCUT2D eigenvalue weighted by Gasteiger charge is -2.13. The van der Waals surface area contributed by atoms with Gasteiger partial charge in [-0.25, -0.2) is 8.42 Å². The van der Waals surface area contributed by atoms with Gasteiger partial charge in [-0.2, -0.15) is 4.31 Å². The van der Waals surface area contributed by atoms with Gasteiger partial charge in [-0.15, -0.1) is 11.3 Å². The molecule has 1 aliphatic rings. The lowest BCUT2D eigenvalue weighted by Crippen LogP contribution is -2.27. The first kappa shape index (κ1) is 14.5. The number of nitrogens with one attached hydrogen (secondary N) is 1. The largest absolute Gasteiger partial charge is 0.351 e. The zero-order chi connectivity index (χ0) is 13.9. The second kappa shape index (κ2) is 6.02. The van der Waals surface area contributed by atoms with Crippen LogP contribution < -0.4 is 5.32 Å². The smallest absolute Gasteiger partial charge is 0.261 e. The summed E-state index contributed by atoms with van der Waals surface area (Å²) in [7, 11) is -3.40. The maximum atomic E-state index is 12.3. The van der Waals surface area contributed by atoms with Gasteiger partial charge >= 0.3 is 0 Å². The lowest BCUT2D eigenvalue weighted by molar-refractivity contribution is 0.0957. The Bertz CT molecular complexity index is 545. The molecule has 0 spiro atoms.